The summed E-state index contributed by atoms with van der Waals surface area (Å²) in [5.74, 6) is -1.39. The molecule has 2 aromatic rings. The van der Waals surface area contributed by atoms with Gasteiger partial charge in [0.2, 0.25) is 0 Å². The zero-order valence-corrected chi connectivity index (χ0v) is 19.6. The molecular weight excluding hydrogens is 438 g/mol. The molecule has 0 saturated carbocycles. The quantitative estimate of drug-likeness (QED) is 0.430. The van der Waals surface area contributed by atoms with Crippen molar-refractivity contribution in [3.8, 4) is 0 Å². The molecule has 1 aliphatic rings. The number of allylic oxidation sites excluding steroid dienone is 3. The van der Waals surface area contributed by atoms with E-state index in [0.29, 0.717) is 24.3 Å². The minimum atomic E-state index is -0.977. The number of aliphatic carboxylic acids is 1. The zero-order chi connectivity index (χ0) is 23.6. The molecule has 33 heavy (non-hydrogen) atoms. The highest BCUT2D eigenvalue weighted by atomic mass is 35.5. The van der Waals surface area contributed by atoms with Crippen LogP contribution in [0.3, 0.4) is 0 Å². The predicted molar refractivity (Wildman–Crippen MR) is 131 cm³/mol. The smallest absolute Gasteiger partial charge is 0.323 e. The summed E-state index contributed by atoms with van der Waals surface area (Å²) >= 11 is 6.10. The second-order valence-corrected chi connectivity index (χ2v) is 8.55. The monoisotopic (exact) mass is 467 g/mol. The number of halogens is 1. The summed E-state index contributed by atoms with van der Waals surface area (Å²) < 4.78 is 5.21. The predicted octanol–water partition coefficient (Wildman–Crippen LogP) is 5.44. The third-order valence-electron chi connectivity index (χ3n) is 5.73. The summed E-state index contributed by atoms with van der Waals surface area (Å²) in [7, 11) is 0. The van der Waals surface area contributed by atoms with Crippen molar-refractivity contribution in [3.05, 3.63) is 88.5 Å². The van der Waals surface area contributed by atoms with E-state index in [4.69, 9.17) is 16.3 Å². The van der Waals surface area contributed by atoms with Crippen molar-refractivity contribution >= 4 is 29.1 Å². The highest BCUT2D eigenvalue weighted by Gasteiger charge is 2.28. The van der Waals surface area contributed by atoms with Crippen LogP contribution in [0.4, 0.5) is 0 Å². The van der Waals surface area contributed by atoms with E-state index < -0.39 is 24.0 Å². The van der Waals surface area contributed by atoms with Crippen LogP contribution in [0.5, 0.6) is 0 Å². The molecule has 6 heteroatoms. The normalized spacial score (nSPS) is 15.2. The molecule has 2 aromatic carbocycles. The molecule has 2 N–H and O–H groups in total. The van der Waals surface area contributed by atoms with Gasteiger partial charge in [0.25, 0.3) is 0 Å². The van der Waals surface area contributed by atoms with Crippen LogP contribution in [0.2, 0.25) is 5.02 Å². The first-order valence-corrected chi connectivity index (χ1v) is 11.7. The van der Waals surface area contributed by atoms with Crippen LogP contribution in [-0.2, 0) is 20.7 Å². The number of esters is 1. The summed E-state index contributed by atoms with van der Waals surface area (Å²) in [5, 5.41) is 13.6. The molecule has 0 heterocycles. The van der Waals surface area contributed by atoms with Crippen LogP contribution >= 0.6 is 11.6 Å². The Kier molecular flexibility index (Phi) is 9.28. The maximum Gasteiger partial charge on any atom is 0.323 e. The van der Waals surface area contributed by atoms with Gasteiger partial charge in [0.15, 0.2) is 0 Å². The van der Waals surface area contributed by atoms with Gasteiger partial charge in [-0.25, -0.2) is 0 Å². The van der Waals surface area contributed by atoms with Gasteiger partial charge in [-0.3, -0.25) is 14.9 Å². The van der Waals surface area contributed by atoms with Crippen molar-refractivity contribution in [1.29, 1.82) is 0 Å². The van der Waals surface area contributed by atoms with E-state index in [2.05, 4.69) is 5.32 Å². The fraction of sp³-hybridized carbons (Fsp3) is 0.333. The Hall–Kier alpha value is -2.89. The maximum absolute atomic E-state index is 12.5. The minimum absolute atomic E-state index is 0.252. The summed E-state index contributed by atoms with van der Waals surface area (Å²) in [6.45, 7) is 2.00. The van der Waals surface area contributed by atoms with Crippen LogP contribution < -0.4 is 5.32 Å². The highest BCUT2D eigenvalue weighted by molar-refractivity contribution is 6.30. The lowest BCUT2D eigenvalue weighted by molar-refractivity contribution is -0.147. The van der Waals surface area contributed by atoms with Crippen molar-refractivity contribution in [2.75, 3.05) is 6.61 Å². The minimum Gasteiger partial charge on any atom is -0.480 e. The first-order valence-electron chi connectivity index (χ1n) is 11.3. The van der Waals surface area contributed by atoms with Crippen molar-refractivity contribution in [2.45, 2.75) is 51.1 Å². The molecule has 2 atom stereocenters. The number of carbonyl (C=O) groups is 2. The third-order valence-corrected chi connectivity index (χ3v) is 5.97. The van der Waals surface area contributed by atoms with Gasteiger partial charge in [-0.15, -0.1) is 0 Å². The van der Waals surface area contributed by atoms with Gasteiger partial charge in [0.05, 0.1) is 6.61 Å². The fourth-order valence-electron chi connectivity index (χ4n) is 3.97. The average Bonchev–Trinajstić information content (AvgIpc) is 2.82. The Bertz CT molecular complexity index is 1020. The largest absolute Gasteiger partial charge is 0.480 e. The first kappa shape index (κ1) is 24.7. The number of hydrogen-bond acceptors (Lipinski definition) is 4. The maximum atomic E-state index is 12.5. The second kappa shape index (κ2) is 12.4. The molecule has 3 rings (SSSR count). The molecule has 0 saturated heterocycles. The number of rotatable bonds is 11. The van der Waals surface area contributed by atoms with E-state index >= 15 is 0 Å². The zero-order valence-electron chi connectivity index (χ0n) is 18.8. The number of carbonyl (C=O) groups excluding carboxylic acids is 1. The van der Waals surface area contributed by atoms with Gasteiger partial charge in [0.1, 0.15) is 12.1 Å². The highest BCUT2D eigenvalue weighted by Crippen LogP contribution is 2.30. The summed E-state index contributed by atoms with van der Waals surface area (Å²) in [4.78, 5) is 24.5. The molecule has 1 aliphatic carbocycles. The van der Waals surface area contributed by atoms with Gasteiger partial charge < -0.3 is 9.84 Å². The van der Waals surface area contributed by atoms with Crippen molar-refractivity contribution < 1.29 is 19.4 Å². The Labute approximate surface area is 200 Å². The third kappa shape index (κ3) is 7.58. The van der Waals surface area contributed by atoms with E-state index in [-0.39, 0.29) is 6.61 Å². The fourth-order valence-corrected chi connectivity index (χ4v) is 4.16. The standard InChI is InChI=1S/C27H30ClNO4/c1-2-33-27(32)24(16-13-19-7-4-3-5-8-19)29-25(26(30)31)17-20-11-14-21(15-12-20)22-9-6-10-23(28)18-22/h3-11,14,18,24-25,29H,2,12-13,15-17H2,1H3,(H,30,31)/t24-,25-/m0/s1. The van der Waals surface area contributed by atoms with Crippen LogP contribution in [0, 0.1) is 0 Å². The number of carboxylic acid groups (broad SMARTS) is 1. The molecule has 0 radical (unpaired) electrons. The van der Waals surface area contributed by atoms with Crippen molar-refractivity contribution in [2.24, 2.45) is 0 Å². The number of aryl methyl sites for hydroxylation is 1. The lowest BCUT2D eigenvalue weighted by atomic mass is 9.90. The van der Waals surface area contributed by atoms with Gasteiger partial charge in [-0.2, -0.15) is 0 Å². The Morgan fingerprint density at radius 1 is 1.06 bits per heavy atom. The Balaban J connectivity index is 1.68. The number of nitrogens with one attached hydrogen (secondary N) is 1. The molecule has 0 amide bonds. The van der Waals surface area contributed by atoms with Crippen LogP contribution in [0.15, 0.2) is 72.3 Å². The number of carboxylic acids is 1. The molecule has 0 unspecified atom stereocenters. The Morgan fingerprint density at radius 2 is 1.85 bits per heavy atom. The average molecular weight is 468 g/mol. The topological polar surface area (TPSA) is 75.6 Å². The molecule has 0 aromatic heterocycles. The lowest BCUT2D eigenvalue weighted by Gasteiger charge is -2.24. The molecule has 0 spiro atoms. The first-order chi connectivity index (χ1) is 16.0. The Morgan fingerprint density at radius 3 is 2.48 bits per heavy atom. The lowest BCUT2D eigenvalue weighted by Crippen LogP contribution is -2.48. The summed E-state index contributed by atoms with van der Waals surface area (Å²) in [6.07, 6.45) is 7.03. The van der Waals surface area contributed by atoms with Crippen LogP contribution in [-0.4, -0.2) is 35.7 Å². The van der Waals surface area contributed by atoms with E-state index in [0.717, 1.165) is 29.5 Å². The molecule has 5 nitrogen and oxygen atoms in total. The second-order valence-electron chi connectivity index (χ2n) is 8.12. The molecule has 174 valence electrons. The summed E-state index contributed by atoms with van der Waals surface area (Å²) in [6, 6.07) is 16.0. The van der Waals surface area contributed by atoms with Gasteiger partial charge in [-0.1, -0.05) is 71.8 Å². The van der Waals surface area contributed by atoms with Gasteiger partial charge in [0, 0.05) is 5.02 Å². The molecule has 0 aliphatic heterocycles. The number of hydrogen-bond donors (Lipinski definition) is 2. The number of benzene rings is 2. The van der Waals surface area contributed by atoms with Crippen LogP contribution in [0.1, 0.15) is 43.7 Å². The van der Waals surface area contributed by atoms with Crippen LogP contribution in [0.25, 0.3) is 5.57 Å². The van der Waals surface area contributed by atoms with E-state index in [1.54, 1.807) is 6.92 Å². The number of ether oxygens (including phenoxy) is 1. The van der Waals surface area contributed by atoms with E-state index in [1.165, 1.54) is 5.57 Å². The molecule has 0 bridgehead atoms. The van der Waals surface area contributed by atoms with Gasteiger partial charge in [-0.05, 0) is 67.9 Å². The van der Waals surface area contributed by atoms with Crippen molar-refractivity contribution in [3.63, 3.8) is 0 Å². The van der Waals surface area contributed by atoms with E-state index in [9.17, 15) is 14.7 Å². The van der Waals surface area contributed by atoms with E-state index in [1.807, 2.05) is 66.7 Å². The molecular formula is C27H30ClNO4. The SMILES string of the molecule is CCOC(=O)[C@H](CCc1ccccc1)N[C@@H](CC1=CC=C(c2cccc(Cl)c2)CC1)C(=O)O. The van der Waals surface area contributed by atoms with Crippen molar-refractivity contribution in [1.82, 2.24) is 5.32 Å². The van der Waals surface area contributed by atoms with Gasteiger partial charge >= 0.3 is 11.9 Å². The molecule has 0 fully saturated rings. The summed E-state index contributed by atoms with van der Waals surface area (Å²) in [5.41, 5.74) is 4.38.